The summed E-state index contributed by atoms with van der Waals surface area (Å²) in [5, 5.41) is 9.27. The van der Waals surface area contributed by atoms with E-state index < -0.39 is 17.2 Å². The zero-order valence-corrected chi connectivity index (χ0v) is 12.7. The molecule has 0 radical (unpaired) electrons. The van der Waals surface area contributed by atoms with Crippen molar-refractivity contribution in [2.24, 2.45) is 5.10 Å². The standard InChI is InChI=1S/C10H8BrN5O4S/c11-6-2-1-5(20-6)3-12-14-7(17)4-21-9-8(18)13-10(19)16-15-9/h1-3H,4H2,(H,14,17)(H2,13,16,18,19)/b12-3+. The summed E-state index contributed by atoms with van der Waals surface area (Å²) < 4.78 is 5.69. The minimum Gasteiger partial charge on any atom is -0.448 e. The van der Waals surface area contributed by atoms with E-state index in [1.54, 1.807) is 12.1 Å². The van der Waals surface area contributed by atoms with Crippen LogP contribution in [0.15, 0.2) is 40.9 Å². The fourth-order valence-electron chi connectivity index (χ4n) is 1.17. The summed E-state index contributed by atoms with van der Waals surface area (Å²) in [6.07, 6.45) is 1.33. The summed E-state index contributed by atoms with van der Waals surface area (Å²) in [4.78, 5) is 35.6. The number of amides is 1. The van der Waals surface area contributed by atoms with Crippen molar-refractivity contribution >= 4 is 39.8 Å². The third kappa shape index (κ3) is 4.72. The first-order valence-corrected chi connectivity index (χ1v) is 7.21. The predicted octanol–water partition coefficient (Wildman–Crippen LogP) is 0.0561. The Hall–Kier alpha value is -2.14. The van der Waals surface area contributed by atoms with Gasteiger partial charge < -0.3 is 4.42 Å². The number of aromatic amines is 2. The number of carbonyl (C=O) groups excluding carboxylic acids is 1. The van der Waals surface area contributed by atoms with Gasteiger partial charge >= 0.3 is 5.69 Å². The summed E-state index contributed by atoms with van der Waals surface area (Å²) in [5.41, 5.74) is 0.906. The van der Waals surface area contributed by atoms with Gasteiger partial charge in [0, 0.05) is 0 Å². The zero-order chi connectivity index (χ0) is 15.2. The Balaban J connectivity index is 1.83. The number of halogens is 1. The highest BCUT2D eigenvalue weighted by molar-refractivity contribution is 9.10. The SMILES string of the molecule is O=C(CSc1n[nH]c(=O)[nH]c1=O)N/N=C/c1ccc(Br)o1. The fraction of sp³-hybridized carbons (Fsp3) is 0.100. The molecule has 2 rings (SSSR count). The van der Waals surface area contributed by atoms with Gasteiger partial charge in [-0.05, 0) is 28.1 Å². The number of nitrogens with one attached hydrogen (secondary N) is 3. The first-order valence-electron chi connectivity index (χ1n) is 5.43. The highest BCUT2D eigenvalue weighted by atomic mass is 79.9. The van der Waals surface area contributed by atoms with E-state index in [0.717, 1.165) is 11.8 Å². The third-order valence-corrected chi connectivity index (χ3v) is 3.38. The first kappa shape index (κ1) is 15.3. The van der Waals surface area contributed by atoms with E-state index in [1.165, 1.54) is 6.21 Å². The number of hydrazone groups is 1. The molecule has 3 N–H and O–H groups in total. The quantitative estimate of drug-likeness (QED) is 0.385. The lowest BCUT2D eigenvalue weighted by Gasteiger charge is -1.98. The van der Waals surface area contributed by atoms with Crippen LogP contribution in [0.2, 0.25) is 0 Å². The van der Waals surface area contributed by atoms with E-state index in [2.05, 4.69) is 36.7 Å². The second-order valence-electron chi connectivity index (χ2n) is 3.54. The lowest BCUT2D eigenvalue weighted by Crippen LogP contribution is -2.26. The van der Waals surface area contributed by atoms with E-state index in [9.17, 15) is 14.4 Å². The van der Waals surface area contributed by atoms with Crippen molar-refractivity contribution in [1.82, 2.24) is 20.6 Å². The van der Waals surface area contributed by atoms with Crippen LogP contribution in [-0.4, -0.2) is 33.1 Å². The van der Waals surface area contributed by atoms with E-state index in [1.807, 2.05) is 4.98 Å². The maximum Gasteiger partial charge on any atom is 0.342 e. The van der Waals surface area contributed by atoms with Crippen LogP contribution in [0.25, 0.3) is 0 Å². The molecule has 21 heavy (non-hydrogen) atoms. The normalized spacial score (nSPS) is 10.9. The smallest absolute Gasteiger partial charge is 0.342 e. The lowest BCUT2D eigenvalue weighted by molar-refractivity contribution is -0.118. The Kier molecular flexibility index (Phi) is 5.11. The number of carbonyl (C=O) groups is 1. The molecular formula is C10H8BrN5O4S. The van der Waals surface area contributed by atoms with Gasteiger partial charge in [0.15, 0.2) is 9.70 Å². The highest BCUT2D eigenvalue weighted by Gasteiger charge is 2.07. The molecular weight excluding hydrogens is 366 g/mol. The van der Waals surface area contributed by atoms with E-state index in [0.29, 0.717) is 10.4 Å². The molecule has 2 aromatic heterocycles. The predicted molar refractivity (Wildman–Crippen MR) is 78.3 cm³/mol. The monoisotopic (exact) mass is 373 g/mol. The molecule has 1 amide bonds. The maximum atomic E-state index is 11.5. The Morgan fingerprint density at radius 3 is 3.00 bits per heavy atom. The number of furan rings is 1. The largest absolute Gasteiger partial charge is 0.448 e. The van der Waals surface area contributed by atoms with Crippen LogP contribution in [0.5, 0.6) is 0 Å². The number of hydrogen-bond acceptors (Lipinski definition) is 7. The molecule has 110 valence electrons. The molecule has 0 bridgehead atoms. The number of thioether (sulfide) groups is 1. The number of aromatic nitrogens is 3. The molecule has 11 heteroatoms. The van der Waals surface area contributed by atoms with Crippen LogP contribution < -0.4 is 16.7 Å². The third-order valence-electron chi connectivity index (χ3n) is 2.00. The Morgan fingerprint density at radius 1 is 1.52 bits per heavy atom. The van der Waals surface area contributed by atoms with Crippen molar-refractivity contribution in [3.05, 3.63) is 43.4 Å². The van der Waals surface area contributed by atoms with Gasteiger partial charge in [-0.1, -0.05) is 11.8 Å². The minimum absolute atomic E-state index is 0.0105. The summed E-state index contributed by atoms with van der Waals surface area (Å²) >= 11 is 4.00. The molecule has 0 atom stereocenters. The van der Waals surface area contributed by atoms with E-state index in [4.69, 9.17) is 4.42 Å². The average Bonchev–Trinajstić information content (AvgIpc) is 2.83. The van der Waals surface area contributed by atoms with E-state index >= 15 is 0 Å². The second-order valence-corrected chi connectivity index (χ2v) is 5.28. The van der Waals surface area contributed by atoms with E-state index in [-0.39, 0.29) is 10.8 Å². The topological polar surface area (TPSA) is 133 Å². The van der Waals surface area contributed by atoms with Crippen molar-refractivity contribution in [3.8, 4) is 0 Å². The number of rotatable bonds is 5. The highest BCUT2D eigenvalue weighted by Crippen LogP contribution is 2.12. The summed E-state index contributed by atoms with van der Waals surface area (Å²) in [6, 6.07) is 3.35. The Bertz CT molecular complexity index is 780. The number of nitrogens with zero attached hydrogens (tertiary/aromatic N) is 2. The summed E-state index contributed by atoms with van der Waals surface area (Å²) in [5.74, 6) is -0.0516. The fourth-order valence-corrected chi connectivity index (χ4v) is 2.11. The van der Waals surface area contributed by atoms with Crippen LogP contribution in [0.4, 0.5) is 0 Å². The van der Waals surface area contributed by atoms with Crippen molar-refractivity contribution in [1.29, 1.82) is 0 Å². The van der Waals surface area contributed by atoms with Gasteiger partial charge in [0.25, 0.3) is 5.56 Å². The molecule has 0 unspecified atom stereocenters. The van der Waals surface area contributed by atoms with Crippen molar-refractivity contribution in [2.75, 3.05) is 5.75 Å². The van der Waals surface area contributed by atoms with Gasteiger partial charge in [-0.3, -0.25) is 14.6 Å². The number of hydrogen-bond donors (Lipinski definition) is 3. The minimum atomic E-state index is -0.706. The molecule has 0 aliphatic heterocycles. The molecule has 0 saturated heterocycles. The van der Waals surface area contributed by atoms with Crippen LogP contribution in [0, 0.1) is 0 Å². The van der Waals surface area contributed by atoms with Crippen molar-refractivity contribution in [3.63, 3.8) is 0 Å². The van der Waals surface area contributed by atoms with Gasteiger partial charge in [0.2, 0.25) is 5.91 Å². The molecule has 0 spiro atoms. The van der Waals surface area contributed by atoms with Crippen LogP contribution >= 0.6 is 27.7 Å². The van der Waals surface area contributed by atoms with Crippen molar-refractivity contribution in [2.45, 2.75) is 5.03 Å². The summed E-state index contributed by atoms with van der Waals surface area (Å²) in [7, 11) is 0. The maximum absolute atomic E-state index is 11.5. The summed E-state index contributed by atoms with van der Waals surface area (Å²) in [6.45, 7) is 0. The van der Waals surface area contributed by atoms with Gasteiger partial charge in [-0.15, -0.1) is 0 Å². The average molecular weight is 374 g/mol. The van der Waals surface area contributed by atoms with Gasteiger partial charge in [0.1, 0.15) is 5.76 Å². The van der Waals surface area contributed by atoms with Crippen molar-refractivity contribution < 1.29 is 9.21 Å². The zero-order valence-electron chi connectivity index (χ0n) is 10.3. The molecule has 0 fully saturated rings. The van der Waals surface area contributed by atoms with Crippen LogP contribution in [-0.2, 0) is 4.79 Å². The molecule has 2 heterocycles. The first-order chi connectivity index (χ1) is 10.0. The lowest BCUT2D eigenvalue weighted by atomic mass is 10.5. The molecule has 9 nitrogen and oxygen atoms in total. The molecule has 0 aromatic carbocycles. The number of H-pyrrole nitrogens is 2. The Morgan fingerprint density at radius 2 is 2.33 bits per heavy atom. The van der Waals surface area contributed by atoms with Gasteiger partial charge in [-0.25, -0.2) is 15.3 Å². The van der Waals surface area contributed by atoms with Gasteiger partial charge in [0.05, 0.1) is 12.0 Å². The second kappa shape index (κ2) is 7.04. The van der Waals surface area contributed by atoms with Crippen LogP contribution in [0.1, 0.15) is 5.76 Å². The molecule has 0 aliphatic rings. The molecule has 2 aromatic rings. The molecule has 0 aliphatic carbocycles. The van der Waals surface area contributed by atoms with Gasteiger partial charge in [-0.2, -0.15) is 10.2 Å². The molecule has 0 saturated carbocycles. The van der Waals surface area contributed by atoms with Crippen LogP contribution in [0.3, 0.4) is 0 Å². The Labute approximate surface area is 129 Å².